The van der Waals surface area contributed by atoms with Crippen LogP contribution in [-0.4, -0.2) is 23.3 Å². The topological polar surface area (TPSA) is 46.3 Å². The van der Waals surface area contributed by atoms with Gasteiger partial charge in [-0.1, -0.05) is 42.5 Å². The molecule has 1 aliphatic rings. The van der Waals surface area contributed by atoms with Crippen molar-refractivity contribution in [3.05, 3.63) is 66.0 Å². The second-order valence-electron chi connectivity index (χ2n) is 4.77. The van der Waals surface area contributed by atoms with Crippen LogP contribution < -0.4 is 10.3 Å². The summed E-state index contributed by atoms with van der Waals surface area (Å²) in [5.41, 5.74) is 1.36. The van der Waals surface area contributed by atoms with Gasteiger partial charge in [0.25, 0.3) is 0 Å². The third kappa shape index (κ3) is 2.91. The van der Waals surface area contributed by atoms with Crippen LogP contribution in [0, 0.1) is 5.82 Å². The highest BCUT2D eigenvalue weighted by atomic mass is 19.1. The molecule has 0 atom stereocenters. The van der Waals surface area contributed by atoms with E-state index in [0.29, 0.717) is 18.2 Å². The highest BCUT2D eigenvalue weighted by Gasteiger charge is 2.33. The highest BCUT2D eigenvalue weighted by molar-refractivity contribution is 6.04. The van der Waals surface area contributed by atoms with E-state index in [4.69, 9.17) is 0 Å². The molecule has 1 heterocycles. The number of benzene rings is 2. The minimum Gasteiger partial charge on any atom is -0.266 e. The van der Waals surface area contributed by atoms with Crippen LogP contribution in [-0.2, 0) is 11.3 Å². The lowest BCUT2D eigenvalue weighted by molar-refractivity contribution is -0.438. The number of nitrogens with one attached hydrogen (secondary N) is 2. The Morgan fingerprint density at radius 1 is 1.10 bits per heavy atom. The molecule has 0 fully saturated rings. The molecule has 0 aliphatic carbocycles. The largest absolute Gasteiger partial charge is 0.359 e. The van der Waals surface area contributed by atoms with E-state index in [9.17, 15) is 9.18 Å². The van der Waals surface area contributed by atoms with Crippen molar-refractivity contribution in [2.45, 2.75) is 6.54 Å². The van der Waals surface area contributed by atoms with E-state index in [0.717, 1.165) is 5.56 Å². The number of guanidine groups is 1. The molecule has 106 valence electrons. The summed E-state index contributed by atoms with van der Waals surface area (Å²) in [5, 5.41) is 2.95. The summed E-state index contributed by atoms with van der Waals surface area (Å²) >= 11 is 0. The molecule has 5 heteroatoms. The number of amides is 1. The average Bonchev–Trinajstić information content (AvgIpc) is 2.84. The summed E-state index contributed by atoms with van der Waals surface area (Å²) < 4.78 is 13.7. The molecule has 1 amide bonds. The van der Waals surface area contributed by atoms with Crippen LogP contribution in [0.4, 0.5) is 10.1 Å². The first-order valence-electron chi connectivity index (χ1n) is 6.71. The minimum absolute atomic E-state index is 0.0438. The molecular weight excluding hydrogens is 269 g/mol. The Morgan fingerprint density at radius 3 is 2.57 bits per heavy atom. The van der Waals surface area contributed by atoms with Gasteiger partial charge in [0.2, 0.25) is 0 Å². The first kappa shape index (κ1) is 13.3. The molecular formula is C16H15FN3O+. The van der Waals surface area contributed by atoms with Gasteiger partial charge < -0.3 is 0 Å². The minimum atomic E-state index is -0.356. The maximum Gasteiger partial charge on any atom is 0.359 e. The maximum absolute atomic E-state index is 13.7. The normalized spacial score (nSPS) is 14.2. The maximum atomic E-state index is 13.7. The summed E-state index contributed by atoms with van der Waals surface area (Å²) in [6, 6.07) is 16.0. The number of hydrogen-bond acceptors (Lipinski definition) is 2. The van der Waals surface area contributed by atoms with E-state index >= 15 is 0 Å². The summed E-state index contributed by atoms with van der Waals surface area (Å²) in [5.74, 6) is 0.109. The quantitative estimate of drug-likeness (QED) is 0.872. The zero-order chi connectivity index (χ0) is 14.7. The zero-order valence-electron chi connectivity index (χ0n) is 11.3. The van der Waals surface area contributed by atoms with Crippen molar-refractivity contribution in [1.29, 1.82) is 0 Å². The predicted molar refractivity (Wildman–Crippen MR) is 77.9 cm³/mol. The molecule has 2 aromatic rings. The van der Waals surface area contributed by atoms with Crippen LogP contribution >= 0.6 is 0 Å². The number of halogens is 1. The second-order valence-corrected chi connectivity index (χ2v) is 4.77. The Morgan fingerprint density at radius 2 is 1.81 bits per heavy atom. The summed E-state index contributed by atoms with van der Waals surface area (Å²) in [6.07, 6.45) is 0. The van der Waals surface area contributed by atoms with E-state index in [1.54, 1.807) is 23.1 Å². The lowest BCUT2D eigenvalue weighted by Gasteiger charge is -2.12. The highest BCUT2D eigenvalue weighted by Crippen LogP contribution is 2.14. The molecule has 2 aromatic carbocycles. The van der Waals surface area contributed by atoms with Crippen molar-refractivity contribution < 1.29 is 14.2 Å². The van der Waals surface area contributed by atoms with Crippen molar-refractivity contribution in [2.75, 3.05) is 11.9 Å². The lowest BCUT2D eigenvalue weighted by Crippen LogP contribution is -2.72. The third-order valence-electron chi connectivity index (χ3n) is 3.29. The number of carbonyl (C=O) groups is 1. The Labute approximate surface area is 121 Å². The van der Waals surface area contributed by atoms with Crippen molar-refractivity contribution in [1.82, 2.24) is 4.90 Å². The predicted octanol–water partition coefficient (Wildman–Crippen LogP) is 0.717. The van der Waals surface area contributed by atoms with E-state index in [-0.39, 0.29) is 18.3 Å². The van der Waals surface area contributed by atoms with E-state index in [1.165, 1.54) is 6.07 Å². The molecule has 0 unspecified atom stereocenters. The smallest absolute Gasteiger partial charge is 0.266 e. The number of nitrogens with zero attached hydrogens (tertiary/aromatic N) is 1. The van der Waals surface area contributed by atoms with Gasteiger partial charge in [-0.2, -0.15) is 4.90 Å². The van der Waals surface area contributed by atoms with Crippen LogP contribution in [0.5, 0.6) is 0 Å². The van der Waals surface area contributed by atoms with E-state index in [1.807, 2.05) is 30.3 Å². The number of anilines is 1. The van der Waals surface area contributed by atoms with Crippen molar-refractivity contribution in [2.24, 2.45) is 0 Å². The zero-order valence-corrected chi connectivity index (χ0v) is 11.3. The van der Waals surface area contributed by atoms with Gasteiger partial charge in [0, 0.05) is 0 Å². The van der Waals surface area contributed by atoms with E-state index < -0.39 is 0 Å². The Hall–Kier alpha value is -2.69. The van der Waals surface area contributed by atoms with Crippen LogP contribution in [0.3, 0.4) is 0 Å². The standard InChI is InChI=1S/C16H14FN3O/c17-13-8-4-5-9-14(13)19-16-18-10-15(21)20(16)11-12-6-2-1-3-7-12/h1-9H,10-11H2,(H,18,19)/p+1. The second kappa shape index (κ2) is 5.75. The molecule has 0 saturated carbocycles. The van der Waals surface area contributed by atoms with E-state index in [2.05, 4.69) is 10.3 Å². The van der Waals surface area contributed by atoms with Crippen molar-refractivity contribution >= 4 is 17.6 Å². The fourth-order valence-corrected chi connectivity index (χ4v) is 2.21. The third-order valence-corrected chi connectivity index (χ3v) is 3.29. The molecule has 0 aromatic heterocycles. The van der Waals surface area contributed by atoms with Crippen LogP contribution in [0.15, 0.2) is 54.6 Å². The first-order chi connectivity index (χ1) is 10.2. The van der Waals surface area contributed by atoms with Crippen molar-refractivity contribution in [3.8, 4) is 0 Å². The van der Waals surface area contributed by atoms with Crippen molar-refractivity contribution in [3.63, 3.8) is 0 Å². The van der Waals surface area contributed by atoms with Gasteiger partial charge in [-0.3, -0.25) is 9.79 Å². The molecule has 4 nitrogen and oxygen atoms in total. The summed E-state index contributed by atoms with van der Waals surface area (Å²) in [6.45, 7) is 0.660. The molecule has 0 spiro atoms. The van der Waals surface area contributed by atoms with Gasteiger partial charge in [-0.15, -0.1) is 0 Å². The van der Waals surface area contributed by atoms with Crippen LogP contribution in [0.1, 0.15) is 5.56 Å². The Balaban J connectivity index is 1.78. The Bertz CT molecular complexity index is 685. The molecule has 0 bridgehead atoms. The molecule has 21 heavy (non-hydrogen) atoms. The number of para-hydroxylation sites is 1. The van der Waals surface area contributed by atoms with Crippen LogP contribution in [0.2, 0.25) is 0 Å². The summed E-state index contributed by atoms with van der Waals surface area (Å²) in [4.78, 5) is 16.5. The fourth-order valence-electron chi connectivity index (χ4n) is 2.21. The number of hydrogen-bond donors (Lipinski definition) is 2. The van der Waals surface area contributed by atoms with Crippen LogP contribution in [0.25, 0.3) is 0 Å². The SMILES string of the molecule is O=C1C[NH+]=C(Nc2ccccc2F)N1Cc1ccccc1. The summed E-state index contributed by atoms with van der Waals surface area (Å²) in [7, 11) is 0. The monoisotopic (exact) mass is 284 g/mol. The lowest BCUT2D eigenvalue weighted by atomic mass is 10.2. The molecule has 0 saturated heterocycles. The molecule has 1 aliphatic heterocycles. The molecule has 2 N–H and O–H groups in total. The Kier molecular flexibility index (Phi) is 3.64. The van der Waals surface area contributed by atoms with Gasteiger partial charge >= 0.3 is 11.9 Å². The molecule has 0 radical (unpaired) electrons. The van der Waals surface area contributed by atoms with Gasteiger partial charge in [0.15, 0.2) is 12.4 Å². The van der Waals surface area contributed by atoms with Gasteiger partial charge in [-0.25, -0.2) is 9.71 Å². The number of rotatable bonds is 3. The number of carbonyl (C=O) groups excluding carboxylic acids is 1. The first-order valence-corrected chi connectivity index (χ1v) is 6.71. The van der Waals surface area contributed by atoms with Gasteiger partial charge in [0.05, 0.1) is 0 Å². The van der Waals surface area contributed by atoms with Gasteiger partial charge in [-0.05, 0) is 17.7 Å². The molecule has 3 rings (SSSR count). The van der Waals surface area contributed by atoms with Gasteiger partial charge in [0.1, 0.15) is 12.2 Å². The average molecular weight is 284 g/mol. The fraction of sp³-hybridized carbons (Fsp3) is 0.125.